The molecule has 0 radical (unpaired) electrons. The molecule has 146 valence electrons. The third-order valence-corrected chi connectivity index (χ3v) is 5.15. The number of rotatable bonds is 6. The zero-order valence-electron chi connectivity index (χ0n) is 17.0. The van der Waals surface area contributed by atoms with E-state index in [-0.39, 0.29) is 5.91 Å². The van der Waals surface area contributed by atoms with Gasteiger partial charge in [-0.25, -0.2) is 0 Å². The summed E-state index contributed by atoms with van der Waals surface area (Å²) in [6.45, 7) is 0.968. The molecule has 0 unspecified atom stereocenters. The second-order valence-corrected chi connectivity index (χ2v) is 7.92. The Kier molecular flexibility index (Phi) is 5.59. The van der Waals surface area contributed by atoms with Crippen LogP contribution >= 0.6 is 0 Å². The van der Waals surface area contributed by atoms with Crippen LogP contribution in [0.15, 0.2) is 78.4 Å². The fourth-order valence-corrected chi connectivity index (χ4v) is 3.84. The lowest BCUT2D eigenvalue weighted by molar-refractivity contribution is -0.115. The van der Waals surface area contributed by atoms with Crippen LogP contribution in [0.1, 0.15) is 16.7 Å². The Morgan fingerprint density at radius 1 is 0.931 bits per heavy atom. The van der Waals surface area contributed by atoms with Crippen molar-refractivity contribution in [3.63, 3.8) is 0 Å². The normalized spacial score (nSPS) is 12.6. The minimum absolute atomic E-state index is 0.0110. The molecule has 3 heteroatoms. The lowest BCUT2D eigenvalue weighted by Gasteiger charge is -2.10. The molecule has 3 aromatic rings. The molecule has 3 nitrogen and oxygen atoms in total. The number of nitrogens with one attached hydrogen (secondary N) is 1. The molecule has 1 aliphatic rings. The summed E-state index contributed by atoms with van der Waals surface area (Å²) >= 11 is 0. The quantitative estimate of drug-likeness (QED) is 0.648. The van der Waals surface area contributed by atoms with Gasteiger partial charge in [-0.05, 0) is 60.5 Å². The van der Waals surface area contributed by atoms with E-state index in [1.165, 1.54) is 22.3 Å². The van der Waals surface area contributed by atoms with E-state index in [1.807, 2.05) is 36.4 Å². The average molecular weight is 383 g/mol. The van der Waals surface area contributed by atoms with Crippen LogP contribution < -0.4 is 5.32 Å². The standard InChI is InChI=1S/C26H26N2O/c1-28(2)18-20-14-23-12-13-25(17-24(23)15-20)27-26(29)16-19-8-10-22(11-9-19)21-6-4-3-5-7-21/h3-14,17H,15-16,18H2,1-2H3,(H,27,29). The Labute approximate surface area is 172 Å². The van der Waals surface area contributed by atoms with Gasteiger partial charge in [0.15, 0.2) is 0 Å². The highest BCUT2D eigenvalue weighted by atomic mass is 16.1. The SMILES string of the molecule is CN(C)CC1=Cc2ccc(NC(=O)Cc3ccc(-c4ccccc4)cc3)cc2C1. The minimum Gasteiger partial charge on any atom is -0.326 e. The number of anilines is 1. The van der Waals surface area contributed by atoms with E-state index in [0.29, 0.717) is 6.42 Å². The van der Waals surface area contributed by atoms with Gasteiger partial charge in [-0.1, -0.05) is 72.3 Å². The Balaban J connectivity index is 1.36. The van der Waals surface area contributed by atoms with Crippen LogP contribution in [0.25, 0.3) is 17.2 Å². The molecule has 1 amide bonds. The Morgan fingerprint density at radius 2 is 1.66 bits per heavy atom. The zero-order chi connectivity index (χ0) is 20.2. The second kappa shape index (κ2) is 8.46. The summed E-state index contributed by atoms with van der Waals surface area (Å²) in [7, 11) is 4.17. The number of hydrogen-bond acceptors (Lipinski definition) is 2. The lowest BCUT2D eigenvalue weighted by atomic mass is 10.0. The molecular formula is C26H26N2O. The number of carbonyl (C=O) groups excluding carboxylic acids is 1. The van der Waals surface area contributed by atoms with Crippen LogP contribution in [-0.2, 0) is 17.6 Å². The molecule has 0 atom stereocenters. The van der Waals surface area contributed by atoms with Gasteiger partial charge in [-0.15, -0.1) is 0 Å². The number of likely N-dealkylation sites (N-methyl/N-ethyl adjacent to an activating group) is 1. The van der Waals surface area contributed by atoms with E-state index >= 15 is 0 Å². The van der Waals surface area contributed by atoms with Gasteiger partial charge in [0.05, 0.1) is 6.42 Å². The van der Waals surface area contributed by atoms with E-state index < -0.39 is 0 Å². The van der Waals surface area contributed by atoms with Crippen molar-refractivity contribution >= 4 is 17.7 Å². The van der Waals surface area contributed by atoms with Gasteiger partial charge in [0.25, 0.3) is 0 Å². The van der Waals surface area contributed by atoms with E-state index in [1.54, 1.807) is 0 Å². The fourth-order valence-electron chi connectivity index (χ4n) is 3.84. The van der Waals surface area contributed by atoms with Gasteiger partial charge in [-0.2, -0.15) is 0 Å². The molecule has 0 bridgehead atoms. The first kappa shape index (κ1) is 19.2. The van der Waals surface area contributed by atoms with Crippen LogP contribution in [0.2, 0.25) is 0 Å². The molecule has 0 heterocycles. The maximum atomic E-state index is 12.5. The average Bonchev–Trinajstić information content (AvgIpc) is 3.10. The lowest BCUT2D eigenvalue weighted by Crippen LogP contribution is -2.15. The topological polar surface area (TPSA) is 32.3 Å². The van der Waals surface area contributed by atoms with Crippen LogP contribution in [0.3, 0.4) is 0 Å². The van der Waals surface area contributed by atoms with E-state index in [9.17, 15) is 4.79 Å². The van der Waals surface area contributed by atoms with Crippen molar-refractivity contribution in [1.82, 2.24) is 4.90 Å². The summed E-state index contributed by atoms with van der Waals surface area (Å²) < 4.78 is 0. The van der Waals surface area contributed by atoms with Crippen molar-refractivity contribution in [2.45, 2.75) is 12.8 Å². The van der Waals surface area contributed by atoms with Crippen molar-refractivity contribution in [1.29, 1.82) is 0 Å². The fraction of sp³-hybridized carbons (Fsp3) is 0.192. The van der Waals surface area contributed by atoms with Crippen molar-refractivity contribution in [2.24, 2.45) is 0 Å². The molecule has 29 heavy (non-hydrogen) atoms. The molecule has 1 N–H and O–H groups in total. The first-order valence-electron chi connectivity index (χ1n) is 9.98. The molecular weight excluding hydrogens is 356 g/mol. The molecule has 0 saturated carbocycles. The van der Waals surface area contributed by atoms with Gasteiger partial charge in [-0.3, -0.25) is 4.79 Å². The van der Waals surface area contributed by atoms with Gasteiger partial charge in [0.2, 0.25) is 5.91 Å². The van der Waals surface area contributed by atoms with E-state index in [4.69, 9.17) is 0 Å². The van der Waals surface area contributed by atoms with Crippen molar-refractivity contribution in [2.75, 3.05) is 26.0 Å². The number of benzene rings is 3. The summed E-state index contributed by atoms with van der Waals surface area (Å²) in [4.78, 5) is 14.7. The van der Waals surface area contributed by atoms with Crippen LogP contribution in [0.5, 0.6) is 0 Å². The maximum Gasteiger partial charge on any atom is 0.228 e. The number of hydrogen-bond donors (Lipinski definition) is 1. The smallest absolute Gasteiger partial charge is 0.228 e. The van der Waals surface area contributed by atoms with Crippen LogP contribution in [0.4, 0.5) is 5.69 Å². The van der Waals surface area contributed by atoms with Crippen molar-refractivity contribution in [3.05, 3.63) is 95.1 Å². The number of amides is 1. The summed E-state index contributed by atoms with van der Waals surface area (Å²) in [5.41, 5.74) is 8.18. The molecule has 0 spiro atoms. The molecule has 0 fully saturated rings. The predicted octanol–water partition coefficient (Wildman–Crippen LogP) is 5.04. The Morgan fingerprint density at radius 3 is 2.38 bits per heavy atom. The van der Waals surface area contributed by atoms with Gasteiger partial charge in [0.1, 0.15) is 0 Å². The summed E-state index contributed by atoms with van der Waals surface area (Å²) in [5, 5.41) is 3.05. The zero-order valence-corrected chi connectivity index (χ0v) is 17.0. The second-order valence-electron chi connectivity index (χ2n) is 7.92. The van der Waals surface area contributed by atoms with Gasteiger partial charge >= 0.3 is 0 Å². The largest absolute Gasteiger partial charge is 0.326 e. The van der Waals surface area contributed by atoms with Gasteiger partial charge < -0.3 is 10.2 Å². The van der Waals surface area contributed by atoms with E-state index in [0.717, 1.165) is 29.8 Å². The third-order valence-electron chi connectivity index (χ3n) is 5.15. The van der Waals surface area contributed by atoms with Crippen molar-refractivity contribution < 1.29 is 4.79 Å². The van der Waals surface area contributed by atoms with Gasteiger partial charge in [0, 0.05) is 12.2 Å². The van der Waals surface area contributed by atoms with Crippen LogP contribution in [0, 0.1) is 0 Å². The Hall–Kier alpha value is -3.17. The molecule has 0 aliphatic heterocycles. The monoisotopic (exact) mass is 382 g/mol. The first-order valence-corrected chi connectivity index (χ1v) is 9.98. The highest BCUT2D eigenvalue weighted by Gasteiger charge is 2.14. The third kappa shape index (κ3) is 4.82. The molecule has 3 aromatic carbocycles. The van der Waals surface area contributed by atoms with E-state index in [2.05, 4.69) is 66.8 Å². The Bertz CT molecular complexity index is 1030. The highest BCUT2D eigenvalue weighted by molar-refractivity contribution is 5.92. The molecule has 0 saturated heterocycles. The maximum absolute atomic E-state index is 12.5. The summed E-state index contributed by atoms with van der Waals surface area (Å²) in [6.07, 6.45) is 3.59. The van der Waals surface area contributed by atoms with Crippen molar-refractivity contribution in [3.8, 4) is 11.1 Å². The highest BCUT2D eigenvalue weighted by Crippen LogP contribution is 2.28. The number of nitrogens with zero attached hydrogens (tertiary/aromatic N) is 1. The number of carbonyl (C=O) groups is 1. The summed E-state index contributed by atoms with van der Waals surface area (Å²) in [5.74, 6) is 0.0110. The number of fused-ring (bicyclic) bond motifs is 1. The van der Waals surface area contributed by atoms with Crippen LogP contribution in [-0.4, -0.2) is 31.4 Å². The molecule has 0 aromatic heterocycles. The first-order chi connectivity index (χ1) is 14.1. The predicted molar refractivity (Wildman–Crippen MR) is 121 cm³/mol. The molecule has 1 aliphatic carbocycles. The minimum atomic E-state index is 0.0110. The summed E-state index contributed by atoms with van der Waals surface area (Å²) in [6, 6.07) is 24.7. The molecule has 4 rings (SSSR count).